The second-order valence-corrected chi connectivity index (χ2v) is 12.0. The van der Waals surface area contributed by atoms with Crippen LogP contribution in [0.15, 0.2) is 40.3 Å². The first-order chi connectivity index (χ1) is 16.1. The molecular formula is C23H28N4O5S2. The molecule has 1 aromatic carbocycles. The summed E-state index contributed by atoms with van der Waals surface area (Å²) < 4.78 is 35.0. The molecule has 11 heteroatoms. The minimum absolute atomic E-state index is 0.00820. The minimum Gasteiger partial charge on any atom is -0.497 e. The number of carbonyl (C=O) groups is 1. The Labute approximate surface area is 202 Å². The Morgan fingerprint density at radius 2 is 1.97 bits per heavy atom. The molecule has 4 rings (SSSR count). The molecule has 0 bridgehead atoms. The molecule has 2 aromatic heterocycles. The molecule has 2 atom stereocenters. The number of methoxy groups -OCH3 is 1. The zero-order valence-electron chi connectivity index (χ0n) is 19.6. The highest BCUT2D eigenvalue weighted by Gasteiger charge is 2.35. The number of hydrogen-bond acceptors (Lipinski definition) is 7. The second-order valence-electron chi connectivity index (χ2n) is 8.89. The molecule has 1 saturated heterocycles. The number of sulfonamides is 1. The Morgan fingerprint density at radius 3 is 2.65 bits per heavy atom. The van der Waals surface area contributed by atoms with E-state index in [4.69, 9.17) is 4.74 Å². The van der Waals surface area contributed by atoms with E-state index in [1.165, 1.54) is 29.1 Å². The van der Waals surface area contributed by atoms with Crippen molar-refractivity contribution in [3.05, 3.63) is 45.8 Å². The first-order valence-electron chi connectivity index (χ1n) is 11.0. The van der Waals surface area contributed by atoms with Gasteiger partial charge in [0.2, 0.25) is 15.9 Å². The summed E-state index contributed by atoms with van der Waals surface area (Å²) in [6.45, 7) is 6.29. The number of aryl methyl sites for hydroxylation is 1. The van der Waals surface area contributed by atoms with E-state index in [-0.39, 0.29) is 28.7 Å². The summed E-state index contributed by atoms with van der Waals surface area (Å²) in [7, 11) is -2.36. The van der Waals surface area contributed by atoms with Gasteiger partial charge in [-0.05, 0) is 37.3 Å². The van der Waals surface area contributed by atoms with Crippen molar-refractivity contribution in [3.63, 3.8) is 0 Å². The number of thiophene rings is 1. The van der Waals surface area contributed by atoms with Crippen molar-refractivity contribution in [2.75, 3.05) is 25.5 Å². The molecule has 1 aliphatic rings. The Kier molecular flexibility index (Phi) is 6.79. The predicted molar refractivity (Wildman–Crippen MR) is 132 cm³/mol. The van der Waals surface area contributed by atoms with Crippen LogP contribution >= 0.6 is 11.3 Å². The summed E-state index contributed by atoms with van der Waals surface area (Å²) in [6.07, 6.45) is 2.25. The molecule has 1 amide bonds. The number of nitrogens with one attached hydrogen (secondary N) is 1. The first kappa shape index (κ1) is 24.4. The van der Waals surface area contributed by atoms with Gasteiger partial charge in [0, 0.05) is 29.7 Å². The van der Waals surface area contributed by atoms with Gasteiger partial charge in [-0.2, -0.15) is 4.31 Å². The van der Waals surface area contributed by atoms with Gasteiger partial charge >= 0.3 is 0 Å². The van der Waals surface area contributed by atoms with Gasteiger partial charge in [-0.25, -0.2) is 13.4 Å². The van der Waals surface area contributed by atoms with Crippen molar-refractivity contribution >= 4 is 43.2 Å². The molecule has 1 aliphatic heterocycles. The molecule has 0 unspecified atom stereocenters. The lowest BCUT2D eigenvalue weighted by Gasteiger charge is -2.34. The number of anilines is 1. The summed E-state index contributed by atoms with van der Waals surface area (Å²) >= 11 is 1.17. The van der Waals surface area contributed by atoms with Crippen LogP contribution in [-0.4, -0.2) is 48.4 Å². The largest absolute Gasteiger partial charge is 0.497 e. The van der Waals surface area contributed by atoms with Crippen molar-refractivity contribution in [1.29, 1.82) is 0 Å². The maximum Gasteiger partial charge on any atom is 0.263 e. The van der Waals surface area contributed by atoms with Crippen LogP contribution in [0.2, 0.25) is 0 Å². The second kappa shape index (κ2) is 9.47. The van der Waals surface area contributed by atoms with Gasteiger partial charge < -0.3 is 10.1 Å². The maximum atomic E-state index is 13.6. The summed E-state index contributed by atoms with van der Waals surface area (Å²) in [5.41, 5.74) is -0.0266. The molecule has 0 spiro atoms. The lowest BCUT2D eigenvalue weighted by molar-refractivity contribution is -0.116. The average Bonchev–Trinajstić information content (AvgIpc) is 3.12. The topological polar surface area (TPSA) is 111 Å². The van der Waals surface area contributed by atoms with Gasteiger partial charge in [-0.3, -0.25) is 14.2 Å². The molecule has 0 saturated carbocycles. The number of fused-ring (bicyclic) bond motifs is 1. The van der Waals surface area contributed by atoms with Crippen LogP contribution in [0.4, 0.5) is 5.69 Å². The fourth-order valence-electron chi connectivity index (χ4n) is 4.52. The standard InChI is InChI=1S/C23H28N4O5S2/c1-14-8-15(2)11-27(10-14)34(30,31)21-16(3)33-22-20(21)23(29)26(13-24-22)12-19(28)25-17-6-5-7-18(9-17)32-4/h5-7,9,13-15H,8,10-12H2,1-4H3,(H,25,28)/t14-,15+. The molecule has 1 N–H and O–H groups in total. The van der Waals surface area contributed by atoms with Gasteiger partial charge in [0.15, 0.2) is 0 Å². The SMILES string of the molecule is COc1cccc(NC(=O)Cn2cnc3sc(C)c(S(=O)(=O)N4C[C@H](C)C[C@H](C)C4)c3c2=O)c1. The van der Waals surface area contributed by atoms with Crippen molar-refractivity contribution in [2.24, 2.45) is 11.8 Å². The Balaban J connectivity index is 1.68. The monoisotopic (exact) mass is 504 g/mol. The summed E-state index contributed by atoms with van der Waals surface area (Å²) in [6, 6.07) is 6.86. The molecule has 3 aromatic rings. The van der Waals surface area contributed by atoms with E-state index in [1.807, 2.05) is 13.8 Å². The van der Waals surface area contributed by atoms with Gasteiger partial charge in [-0.1, -0.05) is 19.9 Å². The number of rotatable bonds is 6. The summed E-state index contributed by atoms with van der Waals surface area (Å²) in [5.74, 6) is 0.618. The smallest absolute Gasteiger partial charge is 0.263 e. The van der Waals surface area contributed by atoms with Crippen LogP contribution in [0.3, 0.4) is 0 Å². The maximum absolute atomic E-state index is 13.6. The fraction of sp³-hybridized carbons (Fsp3) is 0.435. The highest BCUT2D eigenvalue weighted by molar-refractivity contribution is 7.89. The van der Waals surface area contributed by atoms with E-state index in [1.54, 1.807) is 31.2 Å². The Morgan fingerprint density at radius 1 is 1.26 bits per heavy atom. The normalized spacial score (nSPS) is 19.3. The third kappa shape index (κ3) is 4.73. The van der Waals surface area contributed by atoms with Crippen LogP contribution in [0.5, 0.6) is 5.75 Å². The van der Waals surface area contributed by atoms with E-state index in [0.29, 0.717) is 34.2 Å². The van der Waals surface area contributed by atoms with Gasteiger partial charge in [0.25, 0.3) is 5.56 Å². The summed E-state index contributed by atoms with van der Waals surface area (Å²) in [4.78, 5) is 31.1. The van der Waals surface area contributed by atoms with Crippen LogP contribution < -0.4 is 15.6 Å². The van der Waals surface area contributed by atoms with Crippen molar-refractivity contribution in [2.45, 2.75) is 38.6 Å². The van der Waals surface area contributed by atoms with Crippen molar-refractivity contribution in [1.82, 2.24) is 13.9 Å². The quantitative estimate of drug-likeness (QED) is 0.552. The minimum atomic E-state index is -3.89. The number of nitrogens with zero attached hydrogens (tertiary/aromatic N) is 3. The molecule has 0 radical (unpaired) electrons. The number of benzene rings is 1. The predicted octanol–water partition coefficient (Wildman–Crippen LogP) is 3.08. The van der Waals surface area contributed by atoms with Crippen LogP contribution in [-0.2, 0) is 21.4 Å². The molecule has 34 heavy (non-hydrogen) atoms. The van der Waals surface area contributed by atoms with Gasteiger partial charge in [0.1, 0.15) is 22.0 Å². The molecule has 1 fully saturated rings. The third-order valence-corrected chi connectivity index (χ3v) is 9.05. The lowest BCUT2D eigenvalue weighted by atomic mass is 9.94. The number of amides is 1. The van der Waals surface area contributed by atoms with Crippen LogP contribution in [0.25, 0.3) is 10.2 Å². The average molecular weight is 505 g/mol. The van der Waals surface area contributed by atoms with Crippen LogP contribution in [0.1, 0.15) is 25.1 Å². The zero-order chi connectivity index (χ0) is 24.6. The number of hydrogen-bond donors (Lipinski definition) is 1. The Bertz CT molecular complexity index is 1390. The lowest BCUT2D eigenvalue weighted by Crippen LogP contribution is -2.42. The zero-order valence-corrected chi connectivity index (χ0v) is 21.2. The molecule has 3 heterocycles. The van der Waals surface area contributed by atoms with Crippen molar-refractivity contribution < 1.29 is 17.9 Å². The van der Waals surface area contributed by atoms with E-state index in [9.17, 15) is 18.0 Å². The van der Waals surface area contributed by atoms with Crippen LogP contribution in [0, 0.1) is 18.8 Å². The molecule has 182 valence electrons. The first-order valence-corrected chi connectivity index (χ1v) is 13.3. The number of carbonyl (C=O) groups excluding carboxylic acids is 1. The Hall–Kier alpha value is -2.76. The molecular weight excluding hydrogens is 476 g/mol. The highest BCUT2D eigenvalue weighted by Crippen LogP contribution is 2.35. The van der Waals surface area contributed by atoms with Crippen molar-refractivity contribution in [3.8, 4) is 5.75 Å². The number of ether oxygens (including phenoxy) is 1. The third-order valence-electron chi connectivity index (χ3n) is 5.90. The molecule has 0 aliphatic carbocycles. The van der Waals surface area contributed by atoms with E-state index in [2.05, 4.69) is 10.3 Å². The van der Waals surface area contributed by atoms with E-state index in [0.717, 1.165) is 11.0 Å². The number of aromatic nitrogens is 2. The number of piperidine rings is 1. The van der Waals surface area contributed by atoms with Gasteiger partial charge in [0.05, 0.1) is 18.8 Å². The van der Waals surface area contributed by atoms with E-state index < -0.39 is 21.5 Å². The summed E-state index contributed by atoms with van der Waals surface area (Å²) in [5, 5.41) is 2.77. The van der Waals surface area contributed by atoms with E-state index >= 15 is 0 Å². The highest BCUT2D eigenvalue weighted by atomic mass is 32.2. The van der Waals surface area contributed by atoms with Gasteiger partial charge in [-0.15, -0.1) is 11.3 Å². The molecule has 9 nitrogen and oxygen atoms in total. The fourth-order valence-corrected chi connectivity index (χ4v) is 7.87.